The monoisotopic (exact) mass is 491 g/mol. The predicted molar refractivity (Wildman–Crippen MR) is 135 cm³/mol. The highest BCUT2D eigenvalue weighted by atomic mass is 19.1. The first-order chi connectivity index (χ1) is 17.1. The van der Waals surface area contributed by atoms with E-state index in [1.54, 1.807) is 12.4 Å². The summed E-state index contributed by atoms with van der Waals surface area (Å²) in [4.78, 5) is 10.5. The topological polar surface area (TPSA) is 78.7 Å². The van der Waals surface area contributed by atoms with Crippen LogP contribution < -0.4 is 0 Å². The van der Waals surface area contributed by atoms with E-state index in [9.17, 15) is 10.2 Å². The zero-order valence-corrected chi connectivity index (χ0v) is 21.1. The van der Waals surface area contributed by atoms with Crippen molar-refractivity contribution >= 4 is 16.5 Å². The van der Waals surface area contributed by atoms with Gasteiger partial charge in [0.1, 0.15) is 18.0 Å². The second kappa shape index (κ2) is 7.22. The Morgan fingerprint density at radius 1 is 1.14 bits per heavy atom. The number of alkyl halides is 1. The van der Waals surface area contributed by atoms with Crippen LogP contribution in [0.2, 0.25) is 0 Å². The number of fused-ring (bicyclic) bond motifs is 2. The highest BCUT2D eigenvalue weighted by Crippen LogP contribution is 2.71. The van der Waals surface area contributed by atoms with Crippen molar-refractivity contribution in [2.45, 2.75) is 80.6 Å². The molecule has 6 nitrogen and oxygen atoms in total. The van der Waals surface area contributed by atoms with E-state index < -0.39 is 29.1 Å². The number of rotatable bonds is 2. The minimum atomic E-state index is -1.65. The lowest BCUT2D eigenvalue weighted by Gasteiger charge is -2.60. The van der Waals surface area contributed by atoms with E-state index in [0.717, 1.165) is 22.9 Å². The normalized spacial score (nSPS) is 45.2. The van der Waals surface area contributed by atoms with Crippen LogP contribution in [-0.2, 0) is 4.74 Å². The maximum atomic E-state index is 17.1. The van der Waals surface area contributed by atoms with E-state index in [4.69, 9.17) is 4.74 Å². The van der Waals surface area contributed by atoms with Crippen LogP contribution in [0.4, 0.5) is 4.39 Å². The van der Waals surface area contributed by atoms with Gasteiger partial charge in [-0.2, -0.15) is 0 Å². The molecule has 5 aliphatic rings. The van der Waals surface area contributed by atoms with E-state index in [-0.39, 0.29) is 17.4 Å². The second-order valence-electron chi connectivity index (χ2n) is 12.2. The molecule has 1 aromatic heterocycles. The molecule has 2 N–H and O–H groups in total. The molecule has 8 unspecified atom stereocenters. The first kappa shape index (κ1) is 23.0. The number of aliphatic hydroxyl groups excluding tert-OH is 2. The zero-order valence-electron chi connectivity index (χ0n) is 21.1. The van der Waals surface area contributed by atoms with Gasteiger partial charge in [0.2, 0.25) is 0 Å². The standard InChI is InChI=1S/C29H34FN3O3/c1-26-8-10-28(30)13-20-24(34)25(35)22(33(2)3)14-27(20)9-11-29(28,36-27)23(26)7-5-19(26)17-4-6-21-18(12-17)15-31-16-32-21/h4-6,12-13,15-16,22-25,34-35H,7-11,14H2,1-3H3. The smallest absolute Gasteiger partial charge is 0.158 e. The first-order valence-electron chi connectivity index (χ1n) is 13.2. The molecule has 2 saturated carbocycles. The third-order valence-electron chi connectivity index (χ3n) is 10.5. The quantitative estimate of drug-likeness (QED) is 0.622. The molecular weight excluding hydrogens is 457 g/mol. The minimum Gasteiger partial charge on any atom is -0.388 e. The summed E-state index contributed by atoms with van der Waals surface area (Å²) in [5, 5.41) is 23.0. The lowest BCUT2D eigenvalue weighted by Crippen LogP contribution is -2.68. The maximum absolute atomic E-state index is 17.1. The van der Waals surface area contributed by atoms with Gasteiger partial charge >= 0.3 is 0 Å². The fraction of sp³-hybridized carbons (Fsp3) is 0.586. The van der Waals surface area contributed by atoms with Gasteiger partial charge < -0.3 is 19.8 Å². The molecule has 3 fully saturated rings. The molecule has 36 heavy (non-hydrogen) atoms. The van der Waals surface area contributed by atoms with Crippen molar-refractivity contribution < 1.29 is 19.3 Å². The van der Waals surface area contributed by atoms with Gasteiger partial charge in [0.25, 0.3) is 0 Å². The van der Waals surface area contributed by atoms with E-state index in [1.807, 2.05) is 31.3 Å². The number of hydrogen-bond donors (Lipinski definition) is 2. The first-order valence-corrected chi connectivity index (χ1v) is 13.2. The minimum absolute atomic E-state index is 0.000411. The lowest BCUT2D eigenvalue weighted by atomic mass is 9.53. The molecule has 2 aliphatic heterocycles. The van der Waals surface area contributed by atoms with Crippen LogP contribution in [0.25, 0.3) is 16.5 Å². The molecule has 2 spiro atoms. The molecule has 0 amide bonds. The summed E-state index contributed by atoms with van der Waals surface area (Å²) >= 11 is 0. The summed E-state index contributed by atoms with van der Waals surface area (Å²) in [5.41, 5.74) is 0.368. The van der Waals surface area contributed by atoms with Gasteiger partial charge in [-0.05, 0) is 93.0 Å². The molecule has 2 aromatic rings. The Balaban J connectivity index is 1.30. The van der Waals surface area contributed by atoms with Crippen molar-refractivity contribution in [3.05, 3.63) is 54.0 Å². The molecular formula is C29H34FN3O3. The van der Waals surface area contributed by atoms with Gasteiger partial charge in [-0.15, -0.1) is 0 Å². The Hall–Kier alpha value is -2.19. The Kier molecular flexibility index (Phi) is 4.61. The summed E-state index contributed by atoms with van der Waals surface area (Å²) in [7, 11) is 3.83. The average Bonchev–Trinajstić information content (AvgIpc) is 3.39. The average molecular weight is 492 g/mol. The van der Waals surface area contributed by atoms with Crippen LogP contribution >= 0.6 is 0 Å². The van der Waals surface area contributed by atoms with Crippen LogP contribution in [0.3, 0.4) is 0 Å². The predicted octanol–water partition coefficient (Wildman–Crippen LogP) is 3.83. The van der Waals surface area contributed by atoms with Gasteiger partial charge in [0.15, 0.2) is 5.67 Å². The molecule has 8 atom stereocenters. The summed E-state index contributed by atoms with van der Waals surface area (Å²) in [6.45, 7) is 2.28. The third-order valence-corrected chi connectivity index (χ3v) is 10.5. The SMILES string of the molecule is CN(C)C1CC23CCC4(O2)C2CC=C(c5ccc6ncncc6c5)C2(C)CCC4(F)C=C3C(O)C1O. The van der Waals surface area contributed by atoms with E-state index in [0.29, 0.717) is 37.7 Å². The van der Waals surface area contributed by atoms with Gasteiger partial charge in [-0.3, -0.25) is 0 Å². The van der Waals surface area contributed by atoms with Gasteiger partial charge in [0, 0.05) is 23.5 Å². The molecule has 3 heterocycles. The summed E-state index contributed by atoms with van der Waals surface area (Å²) in [6, 6.07) is 6.07. The molecule has 2 bridgehead atoms. The fourth-order valence-corrected chi connectivity index (χ4v) is 8.58. The van der Waals surface area contributed by atoms with Crippen molar-refractivity contribution in [1.29, 1.82) is 0 Å². The molecule has 1 saturated heterocycles. The van der Waals surface area contributed by atoms with Crippen molar-refractivity contribution in [3.63, 3.8) is 0 Å². The van der Waals surface area contributed by atoms with Gasteiger partial charge in [-0.1, -0.05) is 19.1 Å². The molecule has 1 aromatic carbocycles. The number of ether oxygens (including phenoxy) is 1. The molecule has 7 rings (SSSR count). The molecule has 3 aliphatic carbocycles. The summed E-state index contributed by atoms with van der Waals surface area (Å²) < 4.78 is 24.1. The Morgan fingerprint density at radius 2 is 1.97 bits per heavy atom. The van der Waals surface area contributed by atoms with Gasteiger partial charge in [0.05, 0.1) is 17.2 Å². The molecule has 7 heteroatoms. The fourth-order valence-electron chi connectivity index (χ4n) is 8.58. The second-order valence-corrected chi connectivity index (χ2v) is 12.2. The van der Waals surface area contributed by atoms with Crippen molar-refractivity contribution in [1.82, 2.24) is 14.9 Å². The highest BCUT2D eigenvalue weighted by molar-refractivity contribution is 5.84. The summed E-state index contributed by atoms with van der Waals surface area (Å²) in [5.74, 6) is 0.000411. The van der Waals surface area contributed by atoms with Crippen LogP contribution in [0.1, 0.15) is 51.0 Å². The van der Waals surface area contributed by atoms with Crippen molar-refractivity contribution in [2.24, 2.45) is 11.3 Å². The third kappa shape index (κ3) is 2.70. The van der Waals surface area contributed by atoms with Crippen LogP contribution in [0.15, 0.2) is 48.4 Å². The van der Waals surface area contributed by atoms with E-state index in [2.05, 4.69) is 35.1 Å². The number of benzene rings is 1. The van der Waals surface area contributed by atoms with Crippen LogP contribution in [0, 0.1) is 11.3 Å². The number of aliphatic hydroxyl groups is 2. The number of nitrogens with zero attached hydrogens (tertiary/aromatic N) is 3. The molecule has 190 valence electrons. The number of hydrogen-bond acceptors (Lipinski definition) is 6. The van der Waals surface area contributed by atoms with Gasteiger partial charge in [-0.25, -0.2) is 14.4 Å². The molecule has 0 radical (unpaired) electrons. The number of halogens is 1. The zero-order chi connectivity index (χ0) is 25.1. The van der Waals surface area contributed by atoms with E-state index >= 15 is 4.39 Å². The lowest BCUT2D eigenvalue weighted by molar-refractivity contribution is -0.239. The number of allylic oxidation sites excluding steroid dienone is 2. The number of aromatic nitrogens is 2. The Labute approximate surface area is 210 Å². The number of likely N-dealkylation sites (N-methyl/N-ethyl adjacent to an activating group) is 1. The van der Waals surface area contributed by atoms with Crippen LogP contribution in [0.5, 0.6) is 0 Å². The Morgan fingerprint density at radius 3 is 2.78 bits per heavy atom. The van der Waals surface area contributed by atoms with Crippen molar-refractivity contribution in [2.75, 3.05) is 14.1 Å². The Bertz CT molecular complexity index is 1330. The summed E-state index contributed by atoms with van der Waals surface area (Å²) in [6.07, 6.45) is 9.00. The van der Waals surface area contributed by atoms with E-state index in [1.165, 1.54) is 5.57 Å². The maximum Gasteiger partial charge on any atom is 0.158 e. The van der Waals surface area contributed by atoms with Crippen LogP contribution in [-0.4, -0.2) is 74.3 Å². The largest absolute Gasteiger partial charge is 0.388 e. The highest BCUT2D eigenvalue weighted by Gasteiger charge is 2.74. The van der Waals surface area contributed by atoms with Crippen molar-refractivity contribution in [3.8, 4) is 0 Å².